The molecule has 1 saturated heterocycles. The lowest BCUT2D eigenvalue weighted by Crippen LogP contribution is -2.47. The molecule has 5 nitrogen and oxygen atoms in total. The molecule has 1 rings (SSSR count). The van der Waals surface area contributed by atoms with Crippen molar-refractivity contribution in [3.05, 3.63) is 0 Å². The zero-order valence-corrected chi connectivity index (χ0v) is 9.11. The summed E-state index contributed by atoms with van der Waals surface area (Å²) in [6.45, 7) is 5.27. The van der Waals surface area contributed by atoms with Crippen molar-refractivity contribution in [2.24, 2.45) is 16.7 Å². The van der Waals surface area contributed by atoms with Crippen LogP contribution in [0.25, 0.3) is 0 Å². The molecule has 1 unspecified atom stereocenters. The van der Waals surface area contributed by atoms with Crippen molar-refractivity contribution in [3.8, 4) is 0 Å². The van der Waals surface area contributed by atoms with E-state index in [1.54, 1.807) is 0 Å². The van der Waals surface area contributed by atoms with E-state index < -0.39 is 0 Å². The zero-order valence-electron chi connectivity index (χ0n) is 9.11. The number of rotatable bonds is 1. The van der Waals surface area contributed by atoms with Crippen molar-refractivity contribution >= 4 is 5.96 Å². The minimum absolute atomic E-state index is 0.440. The molecular weight excluding hydrogens is 178 g/mol. The quantitative estimate of drug-likeness (QED) is 0.261. The molecule has 4 N–H and O–H groups in total. The highest BCUT2D eigenvalue weighted by atomic mass is 15.3. The highest BCUT2D eigenvalue weighted by molar-refractivity contribution is 5.78. The molecule has 0 aromatic rings. The number of nitrogens with zero attached hydrogens (tertiary/aromatic N) is 3. The second-order valence-electron chi connectivity index (χ2n) is 3.86. The molecule has 1 aliphatic rings. The number of nitrogens with two attached hydrogens (primary N) is 2. The third-order valence-corrected chi connectivity index (χ3v) is 2.80. The fourth-order valence-electron chi connectivity index (χ4n) is 1.97. The monoisotopic (exact) mass is 199 g/mol. The van der Waals surface area contributed by atoms with Gasteiger partial charge in [0.25, 0.3) is 0 Å². The second-order valence-corrected chi connectivity index (χ2v) is 3.86. The SMILES string of the molecule is CCC1CN(C)CCCN1C(N)=NN. The maximum atomic E-state index is 5.76. The minimum atomic E-state index is 0.440. The molecule has 0 aromatic heterocycles. The van der Waals surface area contributed by atoms with Crippen LogP contribution in [0, 0.1) is 0 Å². The lowest BCUT2D eigenvalue weighted by molar-refractivity contribution is 0.262. The lowest BCUT2D eigenvalue weighted by Gasteiger charge is -2.30. The van der Waals surface area contributed by atoms with Crippen LogP contribution in [0.1, 0.15) is 19.8 Å². The van der Waals surface area contributed by atoms with Crippen LogP contribution in [0.15, 0.2) is 5.10 Å². The van der Waals surface area contributed by atoms with Crippen LogP contribution in [0.3, 0.4) is 0 Å². The minimum Gasteiger partial charge on any atom is -0.368 e. The van der Waals surface area contributed by atoms with Gasteiger partial charge in [-0.1, -0.05) is 6.92 Å². The van der Waals surface area contributed by atoms with E-state index in [-0.39, 0.29) is 0 Å². The largest absolute Gasteiger partial charge is 0.368 e. The van der Waals surface area contributed by atoms with E-state index in [1.165, 1.54) is 0 Å². The van der Waals surface area contributed by atoms with Gasteiger partial charge >= 0.3 is 0 Å². The molecule has 14 heavy (non-hydrogen) atoms. The maximum absolute atomic E-state index is 5.76. The van der Waals surface area contributed by atoms with Crippen molar-refractivity contribution in [1.29, 1.82) is 0 Å². The van der Waals surface area contributed by atoms with Gasteiger partial charge in [0.1, 0.15) is 0 Å². The summed E-state index contributed by atoms with van der Waals surface area (Å²) in [5, 5.41) is 3.58. The topological polar surface area (TPSA) is 70.9 Å². The Labute approximate surface area is 85.7 Å². The summed E-state index contributed by atoms with van der Waals surface area (Å²) in [5.74, 6) is 5.68. The Balaban J connectivity index is 2.70. The molecule has 0 spiro atoms. The zero-order chi connectivity index (χ0) is 10.6. The molecule has 1 fully saturated rings. The van der Waals surface area contributed by atoms with E-state index in [0.29, 0.717) is 12.0 Å². The van der Waals surface area contributed by atoms with Crippen LogP contribution < -0.4 is 11.6 Å². The van der Waals surface area contributed by atoms with Crippen LogP contribution >= 0.6 is 0 Å². The van der Waals surface area contributed by atoms with E-state index in [9.17, 15) is 0 Å². The van der Waals surface area contributed by atoms with Crippen LogP contribution in [-0.2, 0) is 0 Å². The maximum Gasteiger partial charge on any atom is 0.213 e. The molecule has 82 valence electrons. The summed E-state index contributed by atoms with van der Waals surface area (Å²) in [4.78, 5) is 4.45. The fourth-order valence-corrected chi connectivity index (χ4v) is 1.97. The van der Waals surface area contributed by atoms with Crippen molar-refractivity contribution in [2.45, 2.75) is 25.8 Å². The highest BCUT2D eigenvalue weighted by Crippen LogP contribution is 2.11. The van der Waals surface area contributed by atoms with E-state index in [1.807, 2.05) is 0 Å². The Bertz CT molecular complexity index is 203. The summed E-state index contributed by atoms with van der Waals surface area (Å²) in [6.07, 6.45) is 2.18. The number of hydrogen-bond donors (Lipinski definition) is 2. The first-order valence-electron chi connectivity index (χ1n) is 5.17. The van der Waals surface area contributed by atoms with Crippen molar-refractivity contribution < 1.29 is 0 Å². The molecule has 1 aliphatic heterocycles. The third-order valence-electron chi connectivity index (χ3n) is 2.80. The number of hydrazone groups is 1. The fraction of sp³-hybridized carbons (Fsp3) is 0.889. The molecule has 5 heteroatoms. The average Bonchev–Trinajstić information content (AvgIpc) is 2.38. The molecule has 1 heterocycles. The Kier molecular flexibility index (Phi) is 4.00. The summed E-state index contributed by atoms with van der Waals surface area (Å²) in [6, 6.07) is 0.440. The van der Waals surface area contributed by atoms with Crippen molar-refractivity contribution in [2.75, 3.05) is 26.7 Å². The predicted molar refractivity (Wildman–Crippen MR) is 58.7 cm³/mol. The Morgan fingerprint density at radius 2 is 2.21 bits per heavy atom. The molecule has 0 saturated carbocycles. The molecule has 0 bridgehead atoms. The molecule has 0 amide bonds. The van der Waals surface area contributed by atoms with E-state index >= 15 is 0 Å². The van der Waals surface area contributed by atoms with Crippen LogP contribution in [-0.4, -0.2) is 48.5 Å². The summed E-state index contributed by atoms with van der Waals surface area (Å²) in [7, 11) is 2.14. The van der Waals surface area contributed by atoms with Gasteiger partial charge in [-0.25, -0.2) is 0 Å². The second kappa shape index (κ2) is 5.05. The summed E-state index contributed by atoms with van der Waals surface area (Å²) in [5.41, 5.74) is 5.76. The van der Waals surface area contributed by atoms with Gasteiger partial charge in [0.15, 0.2) is 0 Å². The average molecular weight is 199 g/mol. The molecule has 0 aromatic carbocycles. The molecule has 1 atom stereocenters. The van der Waals surface area contributed by atoms with Crippen LogP contribution in [0.5, 0.6) is 0 Å². The Hall–Kier alpha value is -0.970. The number of guanidine groups is 1. The van der Waals surface area contributed by atoms with Gasteiger partial charge in [-0.2, -0.15) is 0 Å². The van der Waals surface area contributed by atoms with Crippen LogP contribution in [0.4, 0.5) is 0 Å². The van der Waals surface area contributed by atoms with Crippen molar-refractivity contribution in [3.63, 3.8) is 0 Å². The van der Waals surface area contributed by atoms with E-state index in [0.717, 1.165) is 32.5 Å². The number of likely N-dealkylation sites (N-methyl/N-ethyl adjacent to an activating group) is 1. The van der Waals surface area contributed by atoms with Gasteiger partial charge in [-0.05, 0) is 26.4 Å². The smallest absolute Gasteiger partial charge is 0.213 e. The van der Waals surface area contributed by atoms with Gasteiger partial charge in [0, 0.05) is 19.1 Å². The first-order chi connectivity index (χ1) is 6.69. The molecular formula is C9H21N5. The van der Waals surface area contributed by atoms with Gasteiger partial charge in [0.05, 0.1) is 0 Å². The highest BCUT2D eigenvalue weighted by Gasteiger charge is 2.23. The standard InChI is InChI=1S/C9H21N5/c1-3-8-7-13(2)5-4-6-14(8)9(10)12-11/h8H,3-7,11H2,1-2H3,(H2,10,12). The van der Waals surface area contributed by atoms with E-state index in [4.69, 9.17) is 11.6 Å². The summed E-state index contributed by atoms with van der Waals surface area (Å²) < 4.78 is 0. The van der Waals surface area contributed by atoms with Gasteiger partial charge < -0.3 is 21.4 Å². The van der Waals surface area contributed by atoms with Gasteiger partial charge in [-0.3, -0.25) is 0 Å². The predicted octanol–water partition coefficient (Wildman–Crippen LogP) is -0.409. The Morgan fingerprint density at radius 3 is 2.79 bits per heavy atom. The summed E-state index contributed by atoms with van der Waals surface area (Å²) >= 11 is 0. The van der Waals surface area contributed by atoms with E-state index in [2.05, 4.69) is 28.9 Å². The normalized spacial score (nSPS) is 26.3. The molecule has 0 radical (unpaired) electrons. The van der Waals surface area contributed by atoms with Gasteiger partial charge in [-0.15, -0.1) is 5.10 Å². The van der Waals surface area contributed by atoms with Crippen LogP contribution in [0.2, 0.25) is 0 Å². The number of hydrogen-bond acceptors (Lipinski definition) is 3. The lowest BCUT2D eigenvalue weighted by atomic mass is 10.2. The third kappa shape index (κ3) is 2.51. The Morgan fingerprint density at radius 1 is 1.50 bits per heavy atom. The van der Waals surface area contributed by atoms with Gasteiger partial charge in [0.2, 0.25) is 5.96 Å². The first-order valence-corrected chi connectivity index (χ1v) is 5.17. The first kappa shape index (κ1) is 11.1. The van der Waals surface area contributed by atoms with Crippen molar-refractivity contribution in [1.82, 2.24) is 9.80 Å². The molecule has 0 aliphatic carbocycles.